The van der Waals surface area contributed by atoms with E-state index in [0.717, 1.165) is 22.3 Å². The van der Waals surface area contributed by atoms with Crippen LogP contribution >= 0.6 is 11.6 Å². The van der Waals surface area contributed by atoms with Crippen molar-refractivity contribution in [3.63, 3.8) is 0 Å². The number of aromatic nitrogens is 4. The van der Waals surface area contributed by atoms with Crippen LogP contribution in [0.4, 0.5) is 5.95 Å². The quantitative estimate of drug-likeness (QED) is 0.526. The van der Waals surface area contributed by atoms with E-state index < -0.39 is 0 Å². The zero-order valence-corrected chi connectivity index (χ0v) is 17.8. The van der Waals surface area contributed by atoms with Crippen molar-refractivity contribution >= 4 is 28.6 Å². The van der Waals surface area contributed by atoms with Crippen LogP contribution < -0.4 is 10.9 Å². The molecule has 1 N–H and O–H groups in total. The smallest absolute Gasteiger partial charge is 0.259 e. The molecule has 8 heteroatoms. The first kappa shape index (κ1) is 19.7. The number of anilines is 1. The van der Waals surface area contributed by atoms with Gasteiger partial charge >= 0.3 is 0 Å². The molecule has 0 bridgehead atoms. The number of ether oxygens (including phenoxy) is 1. The van der Waals surface area contributed by atoms with E-state index in [2.05, 4.69) is 20.3 Å². The van der Waals surface area contributed by atoms with Crippen LogP contribution in [0.15, 0.2) is 53.5 Å². The second kappa shape index (κ2) is 7.76. The van der Waals surface area contributed by atoms with Gasteiger partial charge in [0, 0.05) is 46.0 Å². The zero-order valence-electron chi connectivity index (χ0n) is 17.1. The highest BCUT2D eigenvalue weighted by Crippen LogP contribution is 2.31. The molecule has 4 aromatic rings. The molecule has 1 aliphatic heterocycles. The predicted octanol–water partition coefficient (Wildman–Crippen LogP) is 3.83. The highest BCUT2D eigenvalue weighted by Gasteiger charge is 2.20. The summed E-state index contributed by atoms with van der Waals surface area (Å²) in [4.78, 5) is 26.6. The van der Waals surface area contributed by atoms with Gasteiger partial charge in [0.25, 0.3) is 5.56 Å². The van der Waals surface area contributed by atoms with Crippen LogP contribution in [0.2, 0.25) is 5.02 Å². The second-order valence-corrected chi connectivity index (χ2v) is 8.04. The van der Waals surface area contributed by atoms with E-state index in [4.69, 9.17) is 16.3 Å². The number of hydrogen-bond donors (Lipinski definition) is 1. The van der Waals surface area contributed by atoms with Crippen molar-refractivity contribution in [3.8, 4) is 22.4 Å². The molecular weight excluding hydrogens is 414 g/mol. The fraction of sp³-hybridized carbons (Fsp3) is 0.217. The Balaban J connectivity index is 1.56. The Kier molecular flexibility index (Phi) is 4.92. The molecule has 1 aliphatic rings. The summed E-state index contributed by atoms with van der Waals surface area (Å²) < 4.78 is 6.69. The lowest BCUT2D eigenvalue weighted by Crippen LogP contribution is -2.40. The summed E-state index contributed by atoms with van der Waals surface area (Å²) in [6.45, 7) is 3.21. The van der Waals surface area contributed by atoms with Crippen molar-refractivity contribution < 1.29 is 4.74 Å². The summed E-state index contributed by atoms with van der Waals surface area (Å²) in [5, 5.41) is 4.45. The van der Waals surface area contributed by atoms with Crippen LogP contribution in [0.25, 0.3) is 33.4 Å². The Morgan fingerprint density at radius 2 is 1.97 bits per heavy atom. The van der Waals surface area contributed by atoms with Gasteiger partial charge < -0.3 is 10.1 Å². The van der Waals surface area contributed by atoms with Gasteiger partial charge in [-0.2, -0.15) is 4.98 Å². The third-order valence-corrected chi connectivity index (χ3v) is 5.68. The van der Waals surface area contributed by atoms with Gasteiger partial charge in [-0.3, -0.25) is 14.3 Å². The monoisotopic (exact) mass is 433 g/mol. The molecule has 1 saturated heterocycles. The Bertz CT molecular complexity index is 1360. The van der Waals surface area contributed by atoms with Crippen molar-refractivity contribution in [1.82, 2.24) is 19.5 Å². The van der Waals surface area contributed by atoms with Crippen LogP contribution in [0.3, 0.4) is 0 Å². The maximum Gasteiger partial charge on any atom is 0.259 e. The SMILES string of the molecule is Cc1cccc(-c2ccc(-c3cc4cnc(NC5COC5)nc4n(C)c3=O)c(Cl)c2)n1. The molecule has 7 nitrogen and oxygen atoms in total. The molecule has 0 spiro atoms. The van der Waals surface area contributed by atoms with Gasteiger partial charge in [0.1, 0.15) is 5.65 Å². The third-order valence-electron chi connectivity index (χ3n) is 5.36. The largest absolute Gasteiger partial charge is 0.377 e. The Morgan fingerprint density at radius 3 is 2.68 bits per heavy atom. The average Bonchev–Trinajstić information content (AvgIpc) is 2.74. The minimum atomic E-state index is -0.174. The van der Waals surface area contributed by atoms with E-state index in [9.17, 15) is 4.79 Å². The molecule has 4 heterocycles. The lowest BCUT2D eigenvalue weighted by molar-refractivity contribution is 0.0208. The number of nitrogens with zero attached hydrogens (tertiary/aromatic N) is 4. The van der Waals surface area contributed by atoms with Gasteiger partial charge in [-0.25, -0.2) is 4.98 Å². The molecule has 0 amide bonds. The molecule has 0 unspecified atom stereocenters. The summed E-state index contributed by atoms with van der Waals surface area (Å²) >= 11 is 6.60. The topological polar surface area (TPSA) is 81.9 Å². The van der Waals surface area contributed by atoms with Crippen LogP contribution in [0.1, 0.15) is 5.69 Å². The molecule has 1 fully saturated rings. The summed E-state index contributed by atoms with van der Waals surface area (Å²) in [7, 11) is 1.70. The minimum Gasteiger partial charge on any atom is -0.377 e. The maximum atomic E-state index is 13.1. The lowest BCUT2D eigenvalue weighted by Gasteiger charge is -2.26. The highest BCUT2D eigenvalue weighted by molar-refractivity contribution is 6.33. The summed E-state index contributed by atoms with van der Waals surface area (Å²) in [5.41, 5.74) is 4.21. The van der Waals surface area contributed by atoms with Crippen molar-refractivity contribution in [2.45, 2.75) is 13.0 Å². The van der Waals surface area contributed by atoms with Crippen molar-refractivity contribution in [2.75, 3.05) is 18.5 Å². The fourth-order valence-corrected chi connectivity index (χ4v) is 3.89. The Morgan fingerprint density at radius 1 is 1.13 bits per heavy atom. The number of fused-ring (bicyclic) bond motifs is 1. The number of benzene rings is 1. The molecule has 0 saturated carbocycles. The van der Waals surface area contributed by atoms with Crippen molar-refractivity contribution in [1.29, 1.82) is 0 Å². The summed E-state index contributed by atoms with van der Waals surface area (Å²) in [6, 6.07) is 13.5. The molecular formula is C23H20ClN5O2. The normalized spacial score (nSPS) is 13.9. The van der Waals surface area contributed by atoms with Crippen LogP contribution in [-0.2, 0) is 11.8 Å². The highest BCUT2D eigenvalue weighted by atomic mass is 35.5. The third kappa shape index (κ3) is 3.66. The first-order valence-corrected chi connectivity index (χ1v) is 10.3. The molecule has 0 aliphatic carbocycles. The summed E-state index contributed by atoms with van der Waals surface area (Å²) in [6.07, 6.45) is 1.71. The van der Waals surface area contributed by atoms with Gasteiger partial charge in [-0.15, -0.1) is 0 Å². The van der Waals surface area contributed by atoms with Crippen LogP contribution in [0.5, 0.6) is 0 Å². The number of rotatable bonds is 4. The van der Waals surface area contributed by atoms with Crippen molar-refractivity contribution in [3.05, 3.63) is 69.7 Å². The molecule has 156 valence electrons. The standard InChI is InChI=1S/C23H20ClN5O2/c1-13-4-3-5-20(26-13)14-6-7-17(19(24)9-14)18-8-15-10-25-23(27-16-11-31-12-16)28-21(15)29(2)22(18)30/h3-10,16H,11-12H2,1-2H3,(H,25,27,28). The van der Waals surface area contributed by atoms with Gasteiger partial charge in [-0.05, 0) is 31.2 Å². The van der Waals surface area contributed by atoms with Gasteiger partial charge in [0.05, 0.1) is 24.9 Å². The van der Waals surface area contributed by atoms with E-state index in [1.165, 1.54) is 4.57 Å². The van der Waals surface area contributed by atoms with Crippen molar-refractivity contribution in [2.24, 2.45) is 7.05 Å². The fourth-order valence-electron chi connectivity index (χ4n) is 3.61. The molecule has 5 rings (SSSR count). The summed E-state index contributed by atoms with van der Waals surface area (Å²) in [5.74, 6) is 0.483. The van der Waals surface area contributed by atoms with Gasteiger partial charge in [0.2, 0.25) is 5.95 Å². The minimum absolute atomic E-state index is 0.174. The average molecular weight is 434 g/mol. The predicted molar refractivity (Wildman–Crippen MR) is 121 cm³/mol. The lowest BCUT2D eigenvalue weighted by atomic mass is 10.0. The molecule has 3 aromatic heterocycles. The van der Waals surface area contributed by atoms with E-state index in [1.807, 2.05) is 43.3 Å². The molecule has 0 atom stereocenters. The second-order valence-electron chi connectivity index (χ2n) is 7.63. The number of aryl methyl sites for hydroxylation is 2. The first-order chi connectivity index (χ1) is 15.0. The number of halogens is 1. The van der Waals surface area contributed by atoms with E-state index in [-0.39, 0.29) is 11.6 Å². The molecule has 0 radical (unpaired) electrons. The zero-order chi connectivity index (χ0) is 21.5. The number of hydrogen-bond acceptors (Lipinski definition) is 6. The Labute approximate surface area is 183 Å². The maximum absolute atomic E-state index is 13.1. The van der Waals surface area contributed by atoms with Gasteiger partial charge in [-0.1, -0.05) is 29.8 Å². The van der Waals surface area contributed by atoms with Crippen LogP contribution in [-0.4, -0.2) is 38.8 Å². The van der Waals surface area contributed by atoms with Crippen LogP contribution in [0, 0.1) is 6.92 Å². The van der Waals surface area contributed by atoms with Gasteiger partial charge in [0.15, 0.2) is 0 Å². The van der Waals surface area contributed by atoms with E-state index in [0.29, 0.717) is 41.0 Å². The molecule has 31 heavy (non-hydrogen) atoms. The Hall–Kier alpha value is -3.29. The molecule has 1 aromatic carbocycles. The first-order valence-electron chi connectivity index (χ1n) is 9.94. The van der Waals surface area contributed by atoms with E-state index in [1.54, 1.807) is 19.3 Å². The number of nitrogens with one attached hydrogen (secondary N) is 1. The van der Waals surface area contributed by atoms with E-state index >= 15 is 0 Å². The number of pyridine rings is 2.